The SMILES string of the molecule is CCCC=CCCCCCC#N.CCCCCCCC#N. The van der Waals surface area contributed by atoms with Gasteiger partial charge in [-0.1, -0.05) is 64.5 Å². The molecule has 0 aliphatic heterocycles. The molecule has 0 N–H and O–H groups in total. The minimum absolute atomic E-state index is 0.721. The second-order valence-corrected chi connectivity index (χ2v) is 5.34. The summed E-state index contributed by atoms with van der Waals surface area (Å²) in [6, 6.07) is 4.31. The van der Waals surface area contributed by atoms with Crippen molar-refractivity contribution in [2.75, 3.05) is 0 Å². The van der Waals surface area contributed by atoms with E-state index >= 15 is 0 Å². The van der Waals surface area contributed by atoms with E-state index in [-0.39, 0.29) is 0 Å². The van der Waals surface area contributed by atoms with Gasteiger partial charge in [0.15, 0.2) is 0 Å². The monoisotopic (exact) mass is 290 g/mol. The van der Waals surface area contributed by atoms with Crippen molar-refractivity contribution in [1.29, 1.82) is 10.5 Å². The van der Waals surface area contributed by atoms with Gasteiger partial charge in [0.25, 0.3) is 0 Å². The van der Waals surface area contributed by atoms with Crippen LogP contribution in [0.3, 0.4) is 0 Å². The van der Waals surface area contributed by atoms with Crippen molar-refractivity contribution < 1.29 is 0 Å². The summed E-state index contributed by atoms with van der Waals surface area (Å²) in [5.41, 5.74) is 0. The van der Waals surface area contributed by atoms with Crippen molar-refractivity contribution in [2.45, 2.75) is 97.3 Å². The quantitative estimate of drug-likeness (QED) is 0.297. The number of hydrogen-bond acceptors (Lipinski definition) is 2. The lowest BCUT2D eigenvalue weighted by atomic mass is 10.1. The molecule has 0 spiro atoms. The number of allylic oxidation sites excluding steroid dienone is 2. The van der Waals surface area contributed by atoms with Gasteiger partial charge in [-0.15, -0.1) is 0 Å². The van der Waals surface area contributed by atoms with Crippen LogP contribution in [0, 0.1) is 22.7 Å². The summed E-state index contributed by atoms with van der Waals surface area (Å²) in [4.78, 5) is 0. The van der Waals surface area contributed by atoms with Crippen LogP contribution in [-0.2, 0) is 0 Å². The topological polar surface area (TPSA) is 47.6 Å². The molecule has 0 fully saturated rings. The second kappa shape index (κ2) is 23.8. The molecule has 120 valence electrons. The lowest BCUT2D eigenvalue weighted by Gasteiger charge is -1.92. The second-order valence-electron chi connectivity index (χ2n) is 5.34. The predicted molar refractivity (Wildman–Crippen MR) is 91.7 cm³/mol. The zero-order valence-electron chi connectivity index (χ0n) is 14.2. The molecule has 0 aromatic rings. The highest BCUT2D eigenvalue weighted by Crippen LogP contribution is 2.04. The van der Waals surface area contributed by atoms with Crippen molar-refractivity contribution >= 4 is 0 Å². The molecule has 0 unspecified atom stereocenters. The number of nitrogens with zero attached hydrogens (tertiary/aromatic N) is 2. The van der Waals surface area contributed by atoms with Crippen LogP contribution in [0.1, 0.15) is 97.3 Å². The van der Waals surface area contributed by atoms with E-state index in [2.05, 4.69) is 38.1 Å². The molecule has 0 rings (SSSR count). The Morgan fingerprint density at radius 2 is 1.14 bits per heavy atom. The van der Waals surface area contributed by atoms with Crippen molar-refractivity contribution in [3.63, 3.8) is 0 Å². The summed E-state index contributed by atoms with van der Waals surface area (Å²) in [5, 5.41) is 16.4. The van der Waals surface area contributed by atoms with E-state index in [1.54, 1.807) is 0 Å². The lowest BCUT2D eigenvalue weighted by Crippen LogP contribution is -1.75. The zero-order chi connectivity index (χ0) is 16.0. The van der Waals surface area contributed by atoms with Crippen LogP contribution in [0.4, 0.5) is 0 Å². The van der Waals surface area contributed by atoms with Crippen LogP contribution in [0.15, 0.2) is 12.2 Å². The van der Waals surface area contributed by atoms with Gasteiger partial charge in [0, 0.05) is 12.8 Å². The van der Waals surface area contributed by atoms with Gasteiger partial charge in [-0.2, -0.15) is 10.5 Å². The van der Waals surface area contributed by atoms with E-state index in [0.717, 1.165) is 25.7 Å². The molecule has 0 heterocycles. The maximum Gasteiger partial charge on any atom is 0.0621 e. The third-order valence-electron chi connectivity index (χ3n) is 3.17. The van der Waals surface area contributed by atoms with Crippen LogP contribution in [0.25, 0.3) is 0 Å². The van der Waals surface area contributed by atoms with Crippen LogP contribution < -0.4 is 0 Å². The summed E-state index contributed by atoms with van der Waals surface area (Å²) in [6.45, 7) is 4.39. The van der Waals surface area contributed by atoms with E-state index in [0.29, 0.717) is 0 Å². The first kappa shape index (κ1) is 22.0. The Labute approximate surface area is 132 Å². The third-order valence-corrected chi connectivity index (χ3v) is 3.17. The molecular formula is C19H34N2. The Hall–Kier alpha value is -1.28. The Balaban J connectivity index is 0. The third kappa shape index (κ3) is 27.8. The Bertz CT molecular complexity index is 281. The normalized spacial score (nSPS) is 9.71. The Morgan fingerprint density at radius 1 is 0.619 bits per heavy atom. The molecule has 21 heavy (non-hydrogen) atoms. The van der Waals surface area contributed by atoms with E-state index in [1.807, 2.05) is 0 Å². The van der Waals surface area contributed by atoms with Gasteiger partial charge >= 0.3 is 0 Å². The van der Waals surface area contributed by atoms with Gasteiger partial charge in [0.1, 0.15) is 0 Å². The van der Waals surface area contributed by atoms with Gasteiger partial charge in [0.2, 0.25) is 0 Å². The molecule has 0 saturated heterocycles. The molecular weight excluding hydrogens is 256 g/mol. The van der Waals surface area contributed by atoms with Gasteiger partial charge in [0.05, 0.1) is 12.1 Å². The largest absolute Gasteiger partial charge is 0.198 e. The van der Waals surface area contributed by atoms with Crippen LogP contribution in [0.5, 0.6) is 0 Å². The molecule has 0 atom stereocenters. The highest BCUT2D eigenvalue weighted by Gasteiger charge is 1.86. The average molecular weight is 290 g/mol. The summed E-state index contributed by atoms with van der Waals surface area (Å²) < 4.78 is 0. The molecule has 0 aromatic carbocycles. The standard InChI is InChI=1S/C11H19N.C8H15N/c1-2-3-4-5-6-7-8-9-10-11-12;1-2-3-4-5-6-7-8-9/h4-5H,2-3,6-10H2,1H3;2-7H2,1H3. The van der Waals surface area contributed by atoms with Crippen molar-refractivity contribution in [2.24, 2.45) is 0 Å². The Kier molecular flexibility index (Phi) is 24.9. The molecule has 0 aliphatic rings. The first-order valence-electron chi connectivity index (χ1n) is 8.72. The van der Waals surface area contributed by atoms with Crippen LogP contribution >= 0.6 is 0 Å². The molecule has 0 amide bonds. The van der Waals surface area contributed by atoms with E-state index in [9.17, 15) is 0 Å². The fourth-order valence-corrected chi connectivity index (χ4v) is 1.85. The van der Waals surface area contributed by atoms with Crippen LogP contribution in [-0.4, -0.2) is 0 Å². The molecule has 0 aliphatic carbocycles. The molecule has 2 nitrogen and oxygen atoms in total. The van der Waals surface area contributed by atoms with Gasteiger partial charge < -0.3 is 0 Å². The average Bonchev–Trinajstić information content (AvgIpc) is 2.51. The zero-order valence-corrected chi connectivity index (χ0v) is 14.2. The number of hydrogen-bond donors (Lipinski definition) is 0. The molecule has 0 bridgehead atoms. The fourth-order valence-electron chi connectivity index (χ4n) is 1.85. The van der Waals surface area contributed by atoms with Gasteiger partial charge in [-0.3, -0.25) is 0 Å². The first-order chi connectivity index (χ1) is 10.3. The molecule has 0 aromatic heterocycles. The van der Waals surface area contributed by atoms with Crippen LogP contribution in [0.2, 0.25) is 0 Å². The van der Waals surface area contributed by atoms with Gasteiger partial charge in [-0.05, 0) is 32.1 Å². The molecule has 2 heteroatoms. The number of unbranched alkanes of at least 4 members (excludes halogenated alkanes) is 10. The van der Waals surface area contributed by atoms with E-state index < -0.39 is 0 Å². The summed E-state index contributed by atoms with van der Waals surface area (Å²) in [6.07, 6.45) is 19.4. The van der Waals surface area contributed by atoms with Crippen molar-refractivity contribution in [3.05, 3.63) is 12.2 Å². The number of nitriles is 2. The minimum atomic E-state index is 0.721. The maximum atomic E-state index is 8.27. The molecule has 0 saturated carbocycles. The number of rotatable bonds is 12. The lowest BCUT2D eigenvalue weighted by molar-refractivity contribution is 0.640. The fraction of sp³-hybridized carbons (Fsp3) is 0.789. The minimum Gasteiger partial charge on any atom is -0.198 e. The summed E-state index contributed by atoms with van der Waals surface area (Å²) >= 11 is 0. The summed E-state index contributed by atoms with van der Waals surface area (Å²) in [5.74, 6) is 0. The predicted octanol–water partition coefficient (Wildman–Crippen LogP) is 6.69. The van der Waals surface area contributed by atoms with E-state index in [1.165, 1.54) is 57.8 Å². The highest BCUT2D eigenvalue weighted by atomic mass is 14.2. The van der Waals surface area contributed by atoms with E-state index in [4.69, 9.17) is 10.5 Å². The molecule has 0 radical (unpaired) electrons. The smallest absolute Gasteiger partial charge is 0.0621 e. The highest BCUT2D eigenvalue weighted by molar-refractivity contribution is 4.80. The maximum absolute atomic E-state index is 8.27. The van der Waals surface area contributed by atoms with Crippen molar-refractivity contribution in [3.8, 4) is 12.1 Å². The Morgan fingerprint density at radius 3 is 1.67 bits per heavy atom. The van der Waals surface area contributed by atoms with Crippen molar-refractivity contribution in [1.82, 2.24) is 0 Å². The summed E-state index contributed by atoms with van der Waals surface area (Å²) in [7, 11) is 0. The first-order valence-corrected chi connectivity index (χ1v) is 8.72. The van der Waals surface area contributed by atoms with Gasteiger partial charge in [-0.25, -0.2) is 0 Å².